The van der Waals surface area contributed by atoms with Crippen LogP contribution in [0.2, 0.25) is 0 Å². The van der Waals surface area contributed by atoms with Gasteiger partial charge in [-0.25, -0.2) is 0 Å². The molecule has 4 nitrogen and oxygen atoms in total. The van der Waals surface area contributed by atoms with Crippen LogP contribution in [-0.4, -0.2) is 19.1 Å². The fraction of sp³-hybridized carbons (Fsp3) is 0.278. The number of unbranched alkanes of at least 4 members (excludes halogenated alkanes) is 1. The van der Waals surface area contributed by atoms with Gasteiger partial charge >= 0.3 is 0 Å². The molecule has 5 heteroatoms. The number of carbonyl (C=O) groups excluding carboxylic acids is 1. The van der Waals surface area contributed by atoms with Gasteiger partial charge in [-0.05, 0) is 77.5 Å². The number of rotatable bonds is 8. The molecule has 0 heterocycles. The zero-order valence-corrected chi connectivity index (χ0v) is 15.3. The number of ether oxygens (including phenoxy) is 1. The molecule has 0 aliphatic rings. The highest BCUT2D eigenvalue weighted by molar-refractivity contribution is 14.1. The predicted molar refractivity (Wildman–Crippen MR) is 103 cm³/mol. The van der Waals surface area contributed by atoms with Gasteiger partial charge in [-0.2, -0.15) is 0 Å². The molecule has 0 aliphatic heterocycles. The third-order valence-electron chi connectivity index (χ3n) is 3.20. The number of anilines is 2. The van der Waals surface area contributed by atoms with E-state index in [1.165, 1.54) is 0 Å². The Morgan fingerprint density at radius 2 is 1.70 bits per heavy atom. The van der Waals surface area contributed by atoms with Gasteiger partial charge in [-0.3, -0.25) is 4.79 Å². The summed E-state index contributed by atoms with van der Waals surface area (Å²) >= 11 is 2.23. The Morgan fingerprint density at radius 1 is 1.04 bits per heavy atom. The number of hydrogen-bond acceptors (Lipinski definition) is 3. The molecule has 0 saturated carbocycles. The lowest BCUT2D eigenvalue weighted by molar-refractivity contribution is -0.114. The Labute approximate surface area is 150 Å². The first-order valence-electron chi connectivity index (χ1n) is 7.69. The van der Waals surface area contributed by atoms with Crippen molar-refractivity contribution in [1.29, 1.82) is 0 Å². The van der Waals surface area contributed by atoms with Crippen LogP contribution in [-0.2, 0) is 4.79 Å². The summed E-state index contributed by atoms with van der Waals surface area (Å²) in [5, 5.41) is 5.96. The molecule has 0 aliphatic carbocycles. The average Bonchev–Trinajstić information content (AvgIpc) is 2.56. The number of benzene rings is 2. The number of nitrogens with one attached hydrogen (secondary N) is 2. The molecule has 0 atom stereocenters. The zero-order valence-electron chi connectivity index (χ0n) is 13.1. The minimum Gasteiger partial charge on any atom is -0.494 e. The van der Waals surface area contributed by atoms with Gasteiger partial charge < -0.3 is 15.4 Å². The summed E-state index contributed by atoms with van der Waals surface area (Å²) in [5.74, 6) is 0.779. The summed E-state index contributed by atoms with van der Waals surface area (Å²) in [5.41, 5.74) is 1.70. The third-order valence-corrected chi connectivity index (χ3v) is 3.92. The predicted octanol–water partition coefficient (Wildman–Crippen LogP) is 4.52. The zero-order chi connectivity index (χ0) is 16.5. The monoisotopic (exact) mass is 424 g/mol. The summed E-state index contributed by atoms with van der Waals surface area (Å²) in [6.07, 6.45) is 2.17. The molecule has 2 rings (SSSR count). The van der Waals surface area contributed by atoms with E-state index in [1.807, 2.05) is 48.5 Å². The summed E-state index contributed by atoms with van der Waals surface area (Å²) < 4.78 is 6.75. The molecule has 2 aromatic rings. The minimum absolute atomic E-state index is 0.0746. The molecule has 2 aromatic carbocycles. The highest BCUT2D eigenvalue weighted by atomic mass is 127. The molecule has 0 saturated heterocycles. The second-order valence-electron chi connectivity index (χ2n) is 5.14. The van der Waals surface area contributed by atoms with E-state index in [1.54, 1.807) is 0 Å². The lowest BCUT2D eigenvalue weighted by Gasteiger charge is -2.09. The van der Waals surface area contributed by atoms with Gasteiger partial charge in [0.2, 0.25) is 5.91 Å². The van der Waals surface area contributed by atoms with Crippen LogP contribution in [0.5, 0.6) is 5.75 Å². The van der Waals surface area contributed by atoms with Crippen molar-refractivity contribution in [2.24, 2.45) is 0 Å². The highest BCUT2D eigenvalue weighted by Gasteiger charge is 2.02. The van der Waals surface area contributed by atoms with Crippen molar-refractivity contribution in [3.05, 3.63) is 52.1 Å². The van der Waals surface area contributed by atoms with Crippen LogP contribution in [0.25, 0.3) is 0 Å². The van der Waals surface area contributed by atoms with Gasteiger partial charge in [0.1, 0.15) is 5.75 Å². The Bertz CT molecular complexity index is 612. The van der Waals surface area contributed by atoms with Crippen LogP contribution in [0.1, 0.15) is 19.8 Å². The molecule has 0 fully saturated rings. The Hall–Kier alpha value is -1.76. The molecule has 0 unspecified atom stereocenters. The normalized spacial score (nSPS) is 10.2. The van der Waals surface area contributed by atoms with Gasteiger partial charge in [0, 0.05) is 14.9 Å². The SMILES string of the molecule is CCCCOc1ccc(NCC(=O)Nc2ccc(I)cc2)cc1. The molecule has 0 radical (unpaired) electrons. The maximum atomic E-state index is 11.9. The van der Waals surface area contributed by atoms with Crippen LogP contribution < -0.4 is 15.4 Å². The van der Waals surface area contributed by atoms with E-state index in [0.717, 1.165) is 40.1 Å². The summed E-state index contributed by atoms with van der Waals surface area (Å²) in [6, 6.07) is 15.4. The molecule has 122 valence electrons. The number of amides is 1. The number of carbonyl (C=O) groups is 1. The molecule has 0 bridgehead atoms. The first-order valence-corrected chi connectivity index (χ1v) is 8.77. The third kappa shape index (κ3) is 6.48. The van der Waals surface area contributed by atoms with Crippen molar-refractivity contribution >= 4 is 39.9 Å². The van der Waals surface area contributed by atoms with Crippen molar-refractivity contribution in [3.8, 4) is 5.75 Å². The van der Waals surface area contributed by atoms with Crippen LogP contribution in [0, 0.1) is 3.57 Å². The highest BCUT2D eigenvalue weighted by Crippen LogP contribution is 2.16. The van der Waals surface area contributed by atoms with E-state index in [2.05, 4.69) is 40.1 Å². The topological polar surface area (TPSA) is 50.4 Å². The molecular formula is C18H21IN2O2. The summed E-state index contributed by atoms with van der Waals surface area (Å²) in [4.78, 5) is 11.9. The Morgan fingerprint density at radius 3 is 2.35 bits per heavy atom. The first kappa shape index (κ1) is 17.6. The summed E-state index contributed by atoms with van der Waals surface area (Å²) in [7, 11) is 0. The van der Waals surface area contributed by atoms with Crippen LogP contribution in [0.3, 0.4) is 0 Å². The molecular weight excluding hydrogens is 403 g/mol. The van der Waals surface area contributed by atoms with E-state index in [0.29, 0.717) is 0 Å². The van der Waals surface area contributed by atoms with E-state index < -0.39 is 0 Å². The van der Waals surface area contributed by atoms with E-state index in [4.69, 9.17) is 4.74 Å². The minimum atomic E-state index is -0.0746. The Balaban J connectivity index is 1.76. The number of hydrogen-bond donors (Lipinski definition) is 2. The first-order chi connectivity index (χ1) is 11.2. The van der Waals surface area contributed by atoms with Crippen molar-refractivity contribution in [2.75, 3.05) is 23.8 Å². The largest absolute Gasteiger partial charge is 0.494 e. The standard InChI is InChI=1S/C18H21IN2O2/c1-2-3-12-23-17-10-8-15(9-11-17)20-13-18(22)21-16-6-4-14(19)5-7-16/h4-11,20H,2-3,12-13H2,1H3,(H,21,22). The smallest absolute Gasteiger partial charge is 0.243 e. The fourth-order valence-corrected chi connectivity index (χ4v) is 2.28. The van der Waals surface area contributed by atoms with Gasteiger partial charge in [-0.15, -0.1) is 0 Å². The Kier molecular flexibility index (Phi) is 7.19. The van der Waals surface area contributed by atoms with Crippen LogP contribution >= 0.6 is 22.6 Å². The molecule has 0 spiro atoms. The maximum absolute atomic E-state index is 11.9. The van der Waals surface area contributed by atoms with E-state index in [9.17, 15) is 4.79 Å². The van der Waals surface area contributed by atoms with Gasteiger partial charge in [0.25, 0.3) is 0 Å². The van der Waals surface area contributed by atoms with Gasteiger partial charge in [0.05, 0.1) is 13.2 Å². The molecule has 0 aromatic heterocycles. The van der Waals surface area contributed by atoms with Crippen LogP contribution in [0.4, 0.5) is 11.4 Å². The molecule has 1 amide bonds. The lowest BCUT2D eigenvalue weighted by atomic mass is 10.3. The maximum Gasteiger partial charge on any atom is 0.243 e. The lowest BCUT2D eigenvalue weighted by Crippen LogP contribution is -2.21. The van der Waals surface area contributed by atoms with Crippen LogP contribution in [0.15, 0.2) is 48.5 Å². The van der Waals surface area contributed by atoms with Crippen molar-refractivity contribution < 1.29 is 9.53 Å². The van der Waals surface area contributed by atoms with Gasteiger partial charge in [-0.1, -0.05) is 13.3 Å². The molecule has 2 N–H and O–H groups in total. The summed E-state index contributed by atoms with van der Waals surface area (Å²) in [6.45, 7) is 3.10. The van der Waals surface area contributed by atoms with Crippen molar-refractivity contribution in [2.45, 2.75) is 19.8 Å². The van der Waals surface area contributed by atoms with Crippen molar-refractivity contribution in [3.63, 3.8) is 0 Å². The van der Waals surface area contributed by atoms with Gasteiger partial charge in [0.15, 0.2) is 0 Å². The fourth-order valence-electron chi connectivity index (χ4n) is 1.92. The van der Waals surface area contributed by atoms with E-state index in [-0.39, 0.29) is 12.5 Å². The van der Waals surface area contributed by atoms with E-state index >= 15 is 0 Å². The number of halogens is 1. The van der Waals surface area contributed by atoms with Crippen molar-refractivity contribution in [1.82, 2.24) is 0 Å². The second-order valence-corrected chi connectivity index (χ2v) is 6.38. The average molecular weight is 424 g/mol. The molecule has 23 heavy (non-hydrogen) atoms. The quantitative estimate of drug-likeness (QED) is 0.484. The second kappa shape index (κ2) is 9.39.